The number of ketones is 1. The summed E-state index contributed by atoms with van der Waals surface area (Å²) in [5.74, 6) is 1.36. The number of thioether (sulfide) groups is 1. The van der Waals surface area contributed by atoms with Gasteiger partial charge < -0.3 is 4.90 Å². The van der Waals surface area contributed by atoms with Gasteiger partial charge in [-0.2, -0.15) is 11.8 Å². The average molecular weight is 285 g/mol. The monoisotopic (exact) mass is 285 g/mol. The van der Waals surface area contributed by atoms with Crippen LogP contribution in [0.1, 0.15) is 46.0 Å². The van der Waals surface area contributed by atoms with Crippen molar-refractivity contribution in [1.29, 1.82) is 0 Å². The molecule has 0 saturated carbocycles. The molecule has 0 radical (unpaired) electrons. The first-order valence-corrected chi connectivity index (χ1v) is 8.19. The Morgan fingerprint density at radius 3 is 2.32 bits per heavy atom. The standard InChI is InChI=1S/C15H27NO2S/c1-12(2)14(11-13(3)17)16(4)15(18)9-7-6-8-10-19-5/h14H,1,6-11H2,2-5H3. The number of unbranched alkanes of at least 4 members (excludes halogenated alkanes) is 2. The number of Topliss-reactive ketones (excluding diaryl/α,β-unsaturated/α-hetero) is 1. The lowest BCUT2D eigenvalue weighted by Gasteiger charge is -2.28. The van der Waals surface area contributed by atoms with Crippen molar-refractivity contribution < 1.29 is 9.59 Å². The van der Waals surface area contributed by atoms with Crippen LogP contribution in [0.4, 0.5) is 0 Å². The van der Waals surface area contributed by atoms with Gasteiger partial charge in [-0.1, -0.05) is 18.6 Å². The van der Waals surface area contributed by atoms with Crippen LogP contribution in [-0.4, -0.2) is 41.7 Å². The van der Waals surface area contributed by atoms with E-state index in [1.807, 2.05) is 18.7 Å². The summed E-state index contributed by atoms with van der Waals surface area (Å²) in [4.78, 5) is 25.0. The molecule has 0 aromatic carbocycles. The number of rotatable bonds is 10. The van der Waals surface area contributed by atoms with E-state index in [-0.39, 0.29) is 17.7 Å². The third kappa shape index (κ3) is 8.09. The fourth-order valence-electron chi connectivity index (χ4n) is 1.96. The molecule has 0 spiro atoms. The van der Waals surface area contributed by atoms with Gasteiger partial charge in [0.1, 0.15) is 5.78 Å². The van der Waals surface area contributed by atoms with Gasteiger partial charge in [0.25, 0.3) is 0 Å². The minimum Gasteiger partial charge on any atom is -0.339 e. The molecular weight excluding hydrogens is 258 g/mol. The largest absolute Gasteiger partial charge is 0.339 e. The molecule has 0 aliphatic rings. The maximum Gasteiger partial charge on any atom is 0.222 e. The first-order valence-electron chi connectivity index (χ1n) is 6.79. The molecule has 0 aromatic heterocycles. The lowest BCUT2D eigenvalue weighted by Crippen LogP contribution is -2.38. The second-order valence-corrected chi connectivity index (χ2v) is 6.06. The summed E-state index contributed by atoms with van der Waals surface area (Å²) in [6.45, 7) is 7.31. The van der Waals surface area contributed by atoms with E-state index in [1.165, 1.54) is 0 Å². The van der Waals surface area contributed by atoms with Crippen LogP contribution >= 0.6 is 11.8 Å². The second-order valence-electron chi connectivity index (χ2n) is 5.08. The Labute approximate surface area is 121 Å². The molecule has 4 heteroatoms. The van der Waals surface area contributed by atoms with E-state index in [1.54, 1.807) is 18.9 Å². The first kappa shape index (κ1) is 18.2. The van der Waals surface area contributed by atoms with Crippen molar-refractivity contribution in [3.63, 3.8) is 0 Å². The Kier molecular flexibility index (Phi) is 9.66. The van der Waals surface area contributed by atoms with Crippen LogP contribution in [0.3, 0.4) is 0 Å². The summed E-state index contributed by atoms with van der Waals surface area (Å²) >= 11 is 1.84. The SMILES string of the molecule is C=C(C)C(CC(C)=O)N(C)C(=O)CCCCCSC. The van der Waals surface area contributed by atoms with Gasteiger partial charge in [-0.05, 0) is 38.7 Å². The van der Waals surface area contributed by atoms with Gasteiger partial charge in [0.2, 0.25) is 5.91 Å². The molecule has 1 atom stereocenters. The van der Waals surface area contributed by atoms with Crippen LogP contribution < -0.4 is 0 Å². The molecule has 0 aliphatic heterocycles. The molecule has 0 N–H and O–H groups in total. The summed E-state index contributed by atoms with van der Waals surface area (Å²) < 4.78 is 0. The third-order valence-electron chi connectivity index (χ3n) is 3.15. The quantitative estimate of drug-likeness (QED) is 0.456. The molecule has 0 fully saturated rings. The zero-order valence-corrected chi connectivity index (χ0v) is 13.5. The zero-order valence-electron chi connectivity index (χ0n) is 12.7. The lowest BCUT2D eigenvalue weighted by molar-refractivity contribution is -0.132. The Balaban J connectivity index is 4.19. The van der Waals surface area contributed by atoms with Crippen molar-refractivity contribution in [3.05, 3.63) is 12.2 Å². The minimum absolute atomic E-state index is 0.0904. The van der Waals surface area contributed by atoms with Gasteiger partial charge in [0, 0.05) is 19.9 Å². The highest BCUT2D eigenvalue weighted by molar-refractivity contribution is 7.98. The predicted molar refractivity (Wildman–Crippen MR) is 83.5 cm³/mol. The van der Waals surface area contributed by atoms with Gasteiger partial charge in [0.15, 0.2) is 0 Å². The van der Waals surface area contributed by atoms with E-state index in [0.717, 1.165) is 30.6 Å². The molecule has 110 valence electrons. The van der Waals surface area contributed by atoms with Gasteiger partial charge in [-0.3, -0.25) is 9.59 Å². The van der Waals surface area contributed by atoms with Crippen LogP contribution in [0.2, 0.25) is 0 Å². The molecule has 0 rings (SSSR count). The molecule has 0 aromatic rings. The highest BCUT2D eigenvalue weighted by atomic mass is 32.2. The van der Waals surface area contributed by atoms with Crippen molar-refractivity contribution in [2.45, 2.75) is 52.0 Å². The molecule has 3 nitrogen and oxygen atoms in total. The molecule has 0 heterocycles. The van der Waals surface area contributed by atoms with E-state index in [0.29, 0.717) is 12.8 Å². The van der Waals surface area contributed by atoms with E-state index in [4.69, 9.17) is 0 Å². The van der Waals surface area contributed by atoms with Crippen LogP contribution in [0.15, 0.2) is 12.2 Å². The number of hydrogen-bond donors (Lipinski definition) is 0. The minimum atomic E-state index is -0.156. The normalized spacial score (nSPS) is 12.0. The molecule has 0 aliphatic carbocycles. The van der Waals surface area contributed by atoms with Crippen molar-refractivity contribution in [2.75, 3.05) is 19.1 Å². The Morgan fingerprint density at radius 2 is 1.84 bits per heavy atom. The van der Waals surface area contributed by atoms with E-state index < -0.39 is 0 Å². The third-order valence-corrected chi connectivity index (χ3v) is 3.85. The van der Waals surface area contributed by atoms with Gasteiger partial charge in [-0.25, -0.2) is 0 Å². The van der Waals surface area contributed by atoms with E-state index >= 15 is 0 Å². The number of carbonyl (C=O) groups is 2. The van der Waals surface area contributed by atoms with E-state index in [2.05, 4.69) is 12.8 Å². The Bertz CT molecular complexity index is 315. The highest BCUT2D eigenvalue weighted by Crippen LogP contribution is 2.14. The average Bonchev–Trinajstić information content (AvgIpc) is 2.34. The molecule has 1 amide bonds. The number of amides is 1. The lowest BCUT2D eigenvalue weighted by atomic mass is 10.0. The number of nitrogens with zero attached hydrogens (tertiary/aromatic N) is 1. The first-order chi connectivity index (χ1) is 8.90. The molecular formula is C15H27NO2S. The fourth-order valence-corrected chi connectivity index (χ4v) is 2.46. The summed E-state index contributed by atoms with van der Waals surface area (Å²) in [7, 11) is 1.77. The highest BCUT2D eigenvalue weighted by Gasteiger charge is 2.21. The molecule has 1 unspecified atom stereocenters. The van der Waals surface area contributed by atoms with Gasteiger partial charge >= 0.3 is 0 Å². The zero-order chi connectivity index (χ0) is 14.8. The summed E-state index contributed by atoms with van der Waals surface area (Å²) in [5.41, 5.74) is 0.869. The van der Waals surface area contributed by atoms with Crippen molar-refractivity contribution in [1.82, 2.24) is 4.90 Å². The van der Waals surface area contributed by atoms with Crippen molar-refractivity contribution >= 4 is 23.5 Å². The number of carbonyl (C=O) groups excluding carboxylic acids is 2. The maximum atomic E-state index is 12.1. The van der Waals surface area contributed by atoms with Crippen LogP contribution in [0.5, 0.6) is 0 Å². The number of hydrogen-bond acceptors (Lipinski definition) is 3. The predicted octanol–water partition coefficient (Wildman–Crippen LogP) is 3.29. The van der Waals surface area contributed by atoms with Crippen LogP contribution in [0, 0.1) is 0 Å². The van der Waals surface area contributed by atoms with Crippen LogP contribution in [-0.2, 0) is 9.59 Å². The summed E-state index contributed by atoms with van der Waals surface area (Å²) in [6, 6.07) is -0.156. The van der Waals surface area contributed by atoms with Gasteiger partial charge in [-0.15, -0.1) is 0 Å². The smallest absolute Gasteiger partial charge is 0.222 e. The molecule has 0 bridgehead atoms. The molecule has 0 saturated heterocycles. The summed E-state index contributed by atoms with van der Waals surface area (Å²) in [5, 5.41) is 0. The summed E-state index contributed by atoms with van der Waals surface area (Å²) in [6.07, 6.45) is 6.20. The molecule has 19 heavy (non-hydrogen) atoms. The van der Waals surface area contributed by atoms with Crippen LogP contribution in [0.25, 0.3) is 0 Å². The Hall–Kier alpha value is -0.770. The topological polar surface area (TPSA) is 37.4 Å². The van der Waals surface area contributed by atoms with Crippen molar-refractivity contribution in [3.8, 4) is 0 Å². The fraction of sp³-hybridized carbons (Fsp3) is 0.733. The number of likely N-dealkylation sites (N-methyl/N-ethyl adjacent to an activating group) is 1. The maximum absolute atomic E-state index is 12.1. The second kappa shape index (κ2) is 10.1. The van der Waals surface area contributed by atoms with Gasteiger partial charge in [0.05, 0.1) is 6.04 Å². The van der Waals surface area contributed by atoms with Crippen molar-refractivity contribution in [2.24, 2.45) is 0 Å². The van der Waals surface area contributed by atoms with E-state index in [9.17, 15) is 9.59 Å². The Morgan fingerprint density at radius 1 is 1.21 bits per heavy atom.